The van der Waals surface area contributed by atoms with Crippen molar-refractivity contribution in [2.24, 2.45) is 0 Å². The highest BCUT2D eigenvalue weighted by Gasteiger charge is 2.23. The van der Waals surface area contributed by atoms with Crippen molar-refractivity contribution in [1.82, 2.24) is 10.0 Å². The Kier molecular flexibility index (Phi) is 4.94. The zero-order valence-corrected chi connectivity index (χ0v) is 11.8. The molecule has 0 aliphatic carbocycles. The molecule has 1 aliphatic rings. The molecule has 6 nitrogen and oxygen atoms in total. The minimum absolute atomic E-state index is 0.0872. The Labute approximate surface area is 103 Å². The number of piperidine rings is 1. The fraction of sp³-hybridized carbons (Fsp3) is 1.00. The van der Waals surface area contributed by atoms with Gasteiger partial charge in [0.1, 0.15) is 9.84 Å². The van der Waals surface area contributed by atoms with Gasteiger partial charge < -0.3 is 5.32 Å². The van der Waals surface area contributed by atoms with Crippen LogP contribution in [0.1, 0.15) is 19.8 Å². The van der Waals surface area contributed by atoms with Crippen molar-refractivity contribution in [3.8, 4) is 0 Å². The van der Waals surface area contributed by atoms with E-state index >= 15 is 0 Å². The summed E-state index contributed by atoms with van der Waals surface area (Å²) in [4.78, 5) is 0. The van der Waals surface area contributed by atoms with Crippen LogP contribution in [0.5, 0.6) is 0 Å². The molecule has 1 rings (SSSR count). The fourth-order valence-corrected chi connectivity index (χ4v) is 4.74. The van der Waals surface area contributed by atoms with Crippen molar-refractivity contribution in [2.45, 2.75) is 31.8 Å². The molecule has 0 aromatic rings. The lowest BCUT2D eigenvalue weighted by Gasteiger charge is -2.28. The van der Waals surface area contributed by atoms with E-state index in [0.717, 1.165) is 25.6 Å². The summed E-state index contributed by atoms with van der Waals surface area (Å²) in [6.07, 6.45) is 2.51. The molecular formula is C9H20N2O4S2. The maximum Gasteiger partial charge on any atom is 0.212 e. The van der Waals surface area contributed by atoms with Crippen molar-refractivity contribution in [2.75, 3.05) is 24.3 Å². The van der Waals surface area contributed by atoms with E-state index in [1.807, 2.05) is 6.92 Å². The topological polar surface area (TPSA) is 92.3 Å². The lowest BCUT2D eigenvalue weighted by Crippen LogP contribution is -2.47. The normalized spacial score (nSPS) is 26.9. The molecule has 0 spiro atoms. The Bertz CT molecular complexity index is 444. The summed E-state index contributed by atoms with van der Waals surface area (Å²) in [7, 11) is -6.74. The number of rotatable bonds is 5. The van der Waals surface area contributed by atoms with Gasteiger partial charge >= 0.3 is 0 Å². The Hall–Kier alpha value is -0.180. The third kappa shape index (κ3) is 6.35. The summed E-state index contributed by atoms with van der Waals surface area (Å²) >= 11 is 0. The number of sulfone groups is 1. The fourth-order valence-electron chi connectivity index (χ4n) is 1.81. The van der Waals surface area contributed by atoms with Crippen LogP contribution in [0.15, 0.2) is 0 Å². The van der Waals surface area contributed by atoms with E-state index < -0.39 is 19.9 Å². The quantitative estimate of drug-likeness (QED) is 0.682. The van der Waals surface area contributed by atoms with Crippen LogP contribution in [-0.4, -0.2) is 53.2 Å². The molecule has 2 unspecified atom stereocenters. The van der Waals surface area contributed by atoms with E-state index in [9.17, 15) is 16.8 Å². The summed E-state index contributed by atoms with van der Waals surface area (Å²) in [5.41, 5.74) is 0. The van der Waals surface area contributed by atoms with Crippen molar-refractivity contribution in [3.63, 3.8) is 0 Å². The molecule has 102 valence electrons. The highest BCUT2D eigenvalue weighted by Crippen LogP contribution is 2.09. The molecule has 0 aromatic heterocycles. The second kappa shape index (κ2) is 5.64. The van der Waals surface area contributed by atoms with Crippen LogP contribution >= 0.6 is 0 Å². The first-order valence-corrected chi connectivity index (χ1v) is 9.30. The van der Waals surface area contributed by atoms with E-state index in [-0.39, 0.29) is 23.6 Å². The zero-order valence-electron chi connectivity index (χ0n) is 10.1. The monoisotopic (exact) mass is 284 g/mol. The molecule has 1 fully saturated rings. The van der Waals surface area contributed by atoms with Gasteiger partial charge in [-0.3, -0.25) is 0 Å². The Morgan fingerprint density at radius 1 is 1.24 bits per heavy atom. The summed E-state index contributed by atoms with van der Waals surface area (Å²) < 4.78 is 47.7. The molecule has 8 heteroatoms. The van der Waals surface area contributed by atoms with Crippen LogP contribution in [0.25, 0.3) is 0 Å². The smallest absolute Gasteiger partial charge is 0.212 e. The molecular weight excluding hydrogens is 264 g/mol. The third-order valence-electron chi connectivity index (χ3n) is 2.69. The van der Waals surface area contributed by atoms with E-state index in [4.69, 9.17) is 0 Å². The van der Waals surface area contributed by atoms with E-state index in [2.05, 4.69) is 10.0 Å². The minimum atomic E-state index is -3.49. The molecule has 1 aliphatic heterocycles. The van der Waals surface area contributed by atoms with Crippen LogP contribution in [0.2, 0.25) is 0 Å². The molecule has 2 N–H and O–H groups in total. The lowest BCUT2D eigenvalue weighted by molar-refractivity contribution is 0.361. The molecule has 17 heavy (non-hydrogen) atoms. The number of nitrogens with one attached hydrogen (secondary N) is 2. The maximum absolute atomic E-state index is 11.7. The van der Waals surface area contributed by atoms with Gasteiger partial charge in [-0.2, -0.15) is 0 Å². The molecule has 1 heterocycles. The molecule has 0 radical (unpaired) electrons. The van der Waals surface area contributed by atoms with E-state index in [1.165, 1.54) is 0 Å². The average molecular weight is 284 g/mol. The van der Waals surface area contributed by atoms with Gasteiger partial charge in [0.15, 0.2) is 0 Å². The Morgan fingerprint density at radius 2 is 1.88 bits per heavy atom. The highest BCUT2D eigenvalue weighted by molar-refractivity contribution is 7.93. The minimum Gasteiger partial charge on any atom is -0.314 e. The van der Waals surface area contributed by atoms with Gasteiger partial charge in [0, 0.05) is 18.3 Å². The second-order valence-electron chi connectivity index (χ2n) is 4.64. The Balaban J connectivity index is 2.49. The van der Waals surface area contributed by atoms with Crippen LogP contribution < -0.4 is 10.0 Å². The Morgan fingerprint density at radius 3 is 2.41 bits per heavy atom. The molecule has 0 saturated carbocycles. The maximum atomic E-state index is 11.7. The standard InChI is InChI=1S/C9H20N2O4S2/c1-8-7-9(3-4-10-8)11-17(14,15)6-5-16(2,12)13/h8-11H,3-7H2,1-2H3. The van der Waals surface area contributed by atoms with E-state index in [1.54, 1.807) is 0 Å². The van der Waals surface area contributed by atoms with Gasteiger partial charge in [-0.15, -0.1) is 0 Å². The second-order valence-corrected chi connectivity index (χ2v) is 8.78. The highest BCUT2D eigenvalue weighted by atomic mass is 32.2. The predicted molar refractivity (Wildman–Crippen MR) is 67.1 cm³/mol. The third-order valence-corrected chi connectivity index (χ3v) is 5.33. The van der Waals surface area contributed by atoms with Crippen LogP contribution in [0, 0.1) is 0 Å². The average Bonchev–Trinajstić information content (AvgIpc) is 2.13. The summed E-state index contributed by atoms with van der Waals surface area (Å²) in [5, 5.41) is 3.22. The summed E-state index contributed by atoms with van der Waals surface area (Å²) in [5.74, 6) is -0.688. The zero-order chi connectivity index (χ0) is 13.1. The van der Waals surface area contributed by atoms with Gasteiger partial charge in [0.05, 0.1) is 11.5 Å². The molecule has 0 bridgehead atoms. The van der Waals surface area contributed by atoms with Crippen LogP contribution in [0.3, 0.4) is 0 Å². The summed E-state index contributed by atoms with van der Waals surface area (Å²) in [6.45, 7) is 2.78. The van der Waals surface area contributed by atoms with Crippen molar-refractivity contribution in [1.29, 1.82) is 0 Å². The van der Waals surface area contributed by atoms with Gasteiger partial charge in [-0.25, -0.2) is 21.6 Å². The predicted octanol–water partition coefficient (Wildman–Crippen LogP) is -0.909. The first kappa shape index (κ1) is 14.9. The summed E-state index contributed by atoms with van der Waals surface area (Å²) in [6, 6.07) is 0.196. The molecule has 0 amide bonds. The van der Waals surface area contributed by atoms with E-state index in [0.29, 0.717) is 0 Å². The van der Waals surface area contributed by atoms with Gasteiger partial charge in [-0.1, -0.05) is 0 Å². The lowest BCUT2D eigenvalue weighted by atomic mass is 10.0. The largest absolute Gasteiger partial charge is 0.314 e. The first-order chi connectivity index (χ1) is 7.68. The van der Waals surface area contributed by atoms with Crippen LogP contribution in [0.4, 0.5) is 0 Å². The number of hydrogen-bond acceptors (Lipinski definition) is 5. The molecule has 1 saturated heterocycles. The SMILES string of the molecule is CC1CC(NS(=O)(=O)CCS(C)(=O)=O)CCN1. The molecule has 2 atom stereocenters. The number of sulfonamides is 1. The number of hydrogen-bond donors (Lipinski definition) is 2. The van der Waals surface area contributed by atoms with Crippen molar-refractivity contribution < 1.29 is 16.8 Å². The van der Waals surface area contributed by atoms with Gasteiger partial charge in [-0.05, 0) is 26.3 Å². The van der Waals surface area contributed by atoms with Crippen LogP contribution in [-0.2, 0) is 19.9 Å². The van der Waals surface area contributed by atoms with Crippen molar-refractivity contribution >= 4 is 19.9 Å². The molecule has 0 aromatic carbocycles. The first-order valence-electron chi connectivity index (χ1n) is 5.59. The van der Waals surface area contributed by atoms with Crippen molar-refractivity contribution in [3.05, 3.63) is 0 Å². The van der Waals surface area contributed by atoms with Gasteiger partial charge in [0.2, 0.25) is 10.0 Å². The van der Waals surface area contributed by atoms with Gasteiger partial charge in [0.25, 0.3) is 0 Å².